The molecule has 17 heavy (non-hydrogen) atoms. The Kier molecular flexibility index (Phi) is 5.86. The fourth-order valence-electron chi connectivity index (χ4n) is 1.88. The largest absolute Gasteiger partial charge is 0.371 e. The highest BCUT2D eigenvalue weighted by molar-refractivity contribution is 6.30. The van der Waals surface area contributed by atoms with Crippen LogP contribution in [0.1, 0.15) is 56.8 Å². The lowest BCUT2D eigenvalue weighted by Crippen LogP contribution is -2.11. The van der Waals surface area contributed by atoms with Gasteiger partial charge in [0.2, 0.25) is 0 Å². The van der Waals surface area contributed by atoms with Gasteiger partial charge in [0.1, 0.15) is 11.3 Å². The van der Waals surface area contributed by atoms with E-state index in [2.05, 4.69) is 23.8 Å². The van der Waals surface area contributed by atoms with Gasteiger partial charge in [0.25, 0.3) is 0 Å². The van der Waals surface area contributed by atoms with E-state index in [1.807, 2.05) is 13.8 Å². The van der Waals surface area contributed by atoms with Crippen molar-refractivity contribution in [1.29, 1.82) is 0 Å². The van der Waals surface area contributed by atoms with Crippen molar-refractivity contribution in [2.45, 2.75) is 53.1 Å². The maximum Gasteiger partial charge on any atom is 0.159 e. The first-order chi connectivity index (χ1) is 8.13. The number of ether oxygens (including phenoxy) is 1. The third-order valence-electron chi connectivity index (χ3n) is 2.74. The van der Waals surface area contributed by atoms with Gasteiger partial charge in [-0.15, -0.1) is 0 Å². The van der Waals surface area contributed by atoms with Crippen LogP contribution in [-0.2, 0) is 11.2 Å². The molecule has 1 atom stereocenters. The van der Waals surface area contributed by atoms with Crippen LogP contribution < -0.4 is 0 Å². The Morgan fingerprint density at radius 1 is 1.24 bits per heavy atom. The molecule has 0 radical (unpaired) electrons. The van der Waals surface area contributed by atoms with E-state index in [-0.39, 0.29) is 6.10 Å². The van der Waals surface area contributed by atoms with Crippen LogP contribution in [-0.4, -0.2) is 16.6 Å². The SMILES string of the molecule is CCCC(OCC)c1nc(C)c(CC)c(Cl)n1. The minimum atomic E-state index is -0.0351. The predicted octanol–water partition coefficient (Wildman–Crippen LogP) is 3.88. The van der Waals surface area contributed by atoms with Crippen molar-refractivity contribution in [3.8, 4) is 0 Å². The summed E-state index contributed by atoms with van der Waals surface area (Å²) in [4.78, 5) is 8.89. The van der Waals surface area contributed by atoms with E-state index in [1.165, 1.54) is 0 Å². The molecule has 0 bridgehead atoms. The van der Waals surface area contributed by atoms with Crippen molar-refractivity contribution in [3.63, 3.8) is 0 Å². The van der Waals surface area contributed by atoms with Crippen molar-refractivity contribution >= 4 is 11.6 Å². The van der Waals surface area contributed by atoms with Crippen molar-refractivity contribution in [1.82, 2.24) is 9.97 Å². The molecule has 0 amide bonds. The fraction of sp³-hybridized carbons (Fsp3) is 0.692. The van der Waals surface area contributed by atoms with E-state index < -0.39 is 0 Å². The number of halogens is 1. The molecule has 1 heterocycles. The summed E-state index contributed by atoms with van der Waals surface area (Å²) in [7, 11) is 0. The second-order valence-electron chi connectivity index (χ2n) is 4.02. The second kappa shape index (κ2) is 6.92. The van der Waals surface area contributed by atoms with Crippen LogP contribution in [0.3, 0.4) is 0 Å². The van der Waals surface area contributed by atoms with Gasteiger partial charge in [-0.1, -0.05) is 31.9 Å². The average molecular weight is 257 g/mol. The smallest absolute Gasteiger partial charge is 0.159 e. The molecule has 0 aromatic carbocycles. The molecule has 4 heteroatoms. The average Bonchev–Trinajstić information content (AvgIpc) is 2.28. The van der Waals surface area contributed by atoms with Crippen LogP contribution in [0.25, 0.3) is 0 Å². The zero-order chi connectivity index (χ0) is 12.8. The highest BCUT2D eigenvalue weighted by atomic mass is 35.5. The van der Waals surface area contributed by atoms with Crippen molar-refractivity contribution in [2.75, 3.05) is 6.61 Å². The van der Waals surface area contributed by atoms with Gasteiger partial charge in [0.05, 0.1) is 0 Å². The number of aryl methyl sites for hydroxylation is 1. The standard InChI is InChI=1S/C13H21ClN2O/c1-5-8-11(17-7-3)13-15-9(4)10(6-2)12(14)16-13/h11H,5-8H2,1-4H3. The van der Waals surface area contributed by atoms with Gasteiger partial charge in [-0.05, 0) is 26.7 Å². The van der Waals surface area contributed by atoms with E-state index in [1.54, 1.807) is 0 Å². The number of nitrogens with zero attached hydrogens (tertiary/aromatic N) is 2. The Morgan fingerprint density at radius 3 is 2.41 bits per heavy atom. The molecule has 1 aromatic rings. The summed E-state index contributed by atoms with van der Waals surface area (Å²) < 4.78 is 5.67. The summed E-state index contributed by atoms with van der Waals surface area (Å²) in [5.41, 5.74) is 1.99. The number of hydrogen-bond donors (Lipinski definition) is 0. The number of aromatic nitrogens is 2. The number of rotatable bonds is 6. The molecule has 0 fully saturated rings. The molecule has 1 rings (SSSR count). The first-order valence-corrected chi connectivity index (χ1v) is 6.66. The Hall–Kier alpha value is -0.670. The monoisotopic (exact) mass is 256 g/mol. The van der Waals surface area contributed by atoms with Gasteiger partial charge in [0.15, 0.2) is 5.82 Å². The van der Waals surface area contributed by atoms with Gasteiger partial charge in [-0.3, -0.25) is 0 Å². The highest BCUT2D eigenvalue weighted by Crippen LogP contribution is 2.24. The van der Waals surface area contributed by atoms with Gasteiger partial charge in [-0.2, -0.15) is 0 Å². The second-order valence-corrected chi connectivity index (χ2v) is 4.38. The molecule has 0 saturated carbocycles. The van der Waals surface area contributed by atoms with E-state index in [9.17, 15) is 0 Å². The van der Waals surface area contributed by atoms with Gasteiger partial charge < -0.3 is 4.74 Å². The van der Waals surface area contributed by atoms with Crippen molar-refractivity contribution < 1.29 is 4.74 Å². The maximum atomic E-state index is 6.17. The van der Waals surface area contributed by atoms with E-state index in [0.717, 1.165) is 30.5 Å². The summed E-state index contributed by atoms with van der Waals surface area (Å²) in [6, 6.07) is 0. The number of hydrogen-bond acceptors (Lipinski definition) is 3. The lowest BCUT2D eigenvalue weighted by Gasteiger charge is -2.16. The Morgan fingerprint density at radius 2 is 1.94 bits per heavy atom. The minimum absolute atomic E-state index is 0.0351. The summed E-state index contributed by atoms with van der Waals surface area (Å²) in [6.07, 6.45) is 2.79. The molecular formula is C13H21ClN2O. The third kappa shape index (κ3) is 3.65. The first kappa shape index (κ1) is 14.4. The molecule has 0 spiro atoms. The Balaban J connectivity index is 3.03. The molecular weight excluding hydrogens is 236 g/mol. The molecule has 3 nitrogen and oxygen atoms in total. The Bertz CT molecular complexity index is 339. The third-order valence-corrected chi connectivity index (χ3v) is 3.05. The fourth-order valence-corrected chi connectivity index (χ4v) is 2.23. The predicted molar refractivity (Wildman–Crippen MR) is 70.4 cm³/mol. The minimum Gasteiger partial charge on any atom is -0.371 e. The lowest BCUT2D eigenvalue weighted by molar-refractivity contribution is 0.0492. The van der Waals surface area contributed by atoms with Crippen LogP contribution >= 0.6 is 11.6 Å². The molecule has 0 aliphatic heterocycles. The normalized spacial score (nSPS) is 12.8. The lowest BCUT2D eigenvalue weighted by atomic mass is 10.1. The van der Waals surface area contributed by atoms with Gasteiger partial charge >= 0.3 is 0 Å². The van der Waals surface area contributed by atoms with Crippen LogP contribution in [0.15, 0.2) is 0 Å². The highest BCUT2D eigenvalue weighted by Gasteiger charge is 2.17. The Labute approximate surface area is 109 Å². The molecule has 0 aliphatic rings. The van der Waals surface area contributed by atoms with E-state index in [4.69, 9.17) is 16.3 Å². The molecule has 0 N–H and O–H groups in total. The van der Waals surface area contributed by atoms with Crippen LogP contribution in [0.4, 0.5) is 0 Å². The molecule has 1 aromatic heterocycles. The zero-order valence-electron chi connectivity index (χ0n) is 11.1. The summed E-state index contributed by atoms with van der Waals surface area (Å²) in [5, 5.41) is 0.566. The summed E-state index contributed by atoms with van der Waals surface area (Å²) >= 11 is 6.17. The summed E-state index contributed by atoms with van der Waals surface area (Å²) in [5.74, 6) is 0.716. The molecule has 1 unspecified atom stereocenters. The topological polar surface area (TPSA) is 35.0 Å². The van der Waals surface area contributed by atoms with Crippen LogP contribution in [0, 0.1) is 6.92 Å². The van der Waals surface area contributed by atoms with E-state index >= 15 is 0 Å². The molecule has 96 valence electrons. The van der Waals surface area contributed by atoms with Crippen LogP contribution in [0.2, 0.25) is 5.15 Å². The zero-order valence-corrected chi connectivity index (χ0v) is 11.8. The molecule has 0 saturated heterocycles. The van der Waals surface area contributed by atoms with Crippen molar-refractivity contribution in [2.24, 2.45) is 0 Å². The quantitative estimate of drug-likeness (QED) is 0.725. The van der Waals surface area contributed by atoms with Gasteiger partial charge in [0, 0.05) is 17.9 Å². The van der Waals surface area contributed by atoms with Gasteiger partial charge in [-0.25, -0.2) is 9.97 Å². The maximum absolute atomic E-state index is 6.17. The summed E-state index contributed by atoms with van der Waals surface area (Å²) in [6.45, 7) is 8.81. The molecule has 0 aliphatic carbocycles. The van der Waals surface area contributed by atoms with Crippen LogP contribution in [0.5, 0.6) is 0 Å². The van der Waals surface area contributed by atoms with Crippen molar-refractivity contribution in [3.05, 3.63) is 22.2 Å². The van der Waals surface area contributed by atoms with E-state index in [0.29, 0.717) is 17.6 Å². The first-order valence-electron chi connectivity index (χ1n) is 6.28.